The molecule has 84 valence electrons. The fraction of sp³-hybridized carbons (Fsp3) is 1.00. The summed E-state index contributed by atoms with van der Waals surface area (Å²) < 4.78 is 0. The Morgan fingerprint density at radius 2 is 1.86 bits per heavy atom. The number of nitrogens with one attached hydrogen (secondary N) is 1. The molecule has 0 aromatic rings. The van der Waals surface area contributed by atoms with Crippen LogP contribution in [-0.4, -0.2) is 29.7 Å². The van der Waals surface area contributed by atoms with E-state index in [1.54, 1.807) is 0 Å². The topological polar surface area (TPSA) is 15.3 Å². The second-order valence-corrected chi connectivity index (χ2v) is 5.96. The van der Waals surface area contributed by atoms with Crippen molar-refractivity contribution in [2.24, 2.45) is 5.41 Å². The van der Waals surface area contributed by atoms with Gasteiger partial charge >= 0.3 is 0 Å². The fourth-order valence-electron chi connectivity index (χ4n) is 2.22. The van der Waals surface area contributed by atoms with E-state index in [9.17, 15) is 0 Å². The second kappa shape index (κ2) is 4.19. The third-order valence-corrected chi connectivity index (χ3v) is 3.08. The third kappa shape index (κ3) is 2.71. The Bertz CT molecular complexity index is 181. The van der Waals surface area contributed by atoms with Gasteiger partial charge in [0.05, 0.1) is 6.17 Å². The Labute approximate surface area is 89.1 Å². The second-order valence-electron chi connectivity index (χ2n) is 5.96. The summed E-state index contributed by atoms with van der Waals surface area (Å²) >= 11 is 0. The van der Waals surface area contributed by atoms with Crippen molar-refractivity contribution in [2.75, 3.05) is 6.54 Å². The summed E-state index contributed by atoms with van der Waals surface area (Å²) in [6, 6.07) is 1.30. The molecule has 0 bridgehead atoms. The lowest BCUT2D eigenvalue weighted by Crippen LogP contribution is -2.62. The van der Waals surface area contributed by atoms with Crippen LogP contribution in [0.3, 0.4) is 0 Å². The maximum absolute atomic E-state index is 3.71. The van der Waals surface area contributed by atoms with E-state index in [0.717, 1.165) is 0 Å². The van der Waals surface area contributed by atoms with Gasteiger partial charge in [-0.2, -0.15) is 0 Å². The minimum Gasteiger partial charge on any atom is -0.299 e. The molecule has 0 saturated carbocycles. The fourth-order valence-corrected chi connectivity index (χ4v) is 2.22. The Balaban J connectivity index is 2.74. The van der Waals surface area contributed by atoms with Gasteiger partial charge in [0.2, 0.25) is 0 Å². The molecule has 2 atom stereocenters. The van der Waals surface area contributed by atoms with E-state index in [4.69, 9.17) is 0 Å². The monoisotopic (exact) mass is 198 g/mol. The van der Waals surface area contributed by atoms with Crippen molar-refractivity contribution in [1.82, 2.24) is 10.2 Å². The SMILES string of the molecule is CC1CCN(C(C)C)C(C(C)(C)C)N1. The van der Waals surface area contributed by atoms with Gasteiger partial charge in [0, 0.05) is 18.6 Å². The van der Waals surface area contributed by atoms with Crippen molar-refractivity contribution in [1.29, 1.82) is 0 Å². The molecule has 1 rings (SSSR count). The van der Waals surface area contributed by atoms with E-state index < -0.39 is 0 Å². The first kappa shape index (κ1) is 12.0. The zero-order valence-corrected chi connectivity index (χ0v) is 10.6. The number of nitrogens with zero attached hydrogens (tertiary/aromatic N) is 1. The quantitative estimate of drug-likeness (QED) is 0.696. The van der Waals surface area contributed by atoms with Crippen molar-refractivity contribution in [2.45, 2.75) is 66.2 Å². The predicted octanol–water partition coefficient (Wildman–Crippen LogP) is 2.45. The van der Waals surface area contributed by atoms with Crippen molar-refractivity contribution in [3.63, 3.8) is 0 Å². The van der Waals surface area contributed by atoms with Crippen molar-refractivity contribution in [3.05, 3.63) is 0 Å². The molecule has 14 heavy (non-hydrogen) atoms. The maximum Gasteiger partial charge on any atom is 0.0651 e. The minimum atomic E-state index is 0.318. The highest BCUT2D eigenvalue weighted by Gasteiger charge is 2.35. The Hall–Kier alpha value is -0.0800. The van der Waals surface area contributed by atoms with Crippen LogP contribution in [0.4, 0.5) is 0 Å². The zero-order valence-electron chi connectivity index (χ0n) is 10.6. The van der Waals surface area contributed by atoms with Crippen LogP contribution in [0, 0.1) is 5.41 Å². The van der Waals surface area contributed by atoms with E-state index in [2.05, 4.69) is 51.8 Å². The first-order valence-electron chi connectivity index (χ1n) is 5.84. The highest BCUT2D eigenvalue weighted by molar-refractivity contribution is 4.89. The smallest absolute Gasteiger partial charge is 0.0651 e. The first-order valence-corrected chi connectivity index (χ1v) is 5.84. The van der Waals surface area contributed by atoms with E-state index >= 15 is 0 Å². The molecule has 1 aliphatic heterocycles. The van der Waals surface area contributed by atoms with Crippen LogP contribution in [0.2, 0.25) is 0 Å². The van der Waals surface area contributed by atoms with E-state index in [1.807, 2.05) is 0 Å². The summed E-state index contributed by atoms with van der Waals surface area (Å²) in [4.78, 5) is 2.58. The zero-order chi connectivity index (χ0) is 10.9. The lowest BCUT2D eigenvalue weighted by Gasteiger charge is -2.48. The molecule has 0 radical (unpaired) electrons. The van der Waals surface area contributed by atoms with Crippen LogP contribution in [-0.2, 0) is 0 Å². The molecule has 0 spiro atoms. The summed E-state index contributed by atoms with van der Waals surface area (Å²) in [5.41, 5.74) is 0.318. The van der Waals surface area contributed by atoms with E-state index in [1.165, 1.54) is 13.0 Å². The van der Waals surface area contributed by atoms with Gasteiger partial charge in [0.15, 0.2) is 0 Å². The molecule has 1 heterocycles. The Morgan fingerprint density at radius 3 is 2.29 bits per heavy atom. The molecule has 0 aromatic heterocycles. The lowest BCUT2D eigenvalue weighted by atomic mass is 9.88. The highest BCUT2D eigenvalue weighted by Crippen LogP contribution is 2.27. The summed E-state index contributed by atoms with van der Waals surface area (Å²) in [5, 5.41) is 3.71. The van der Waals surface area contributed by atoms with E-state index in [0.29, 0.717) is 23.7 Å². The third-order valence-electron chi connectivity index (χ3n) is 3.08. The van der Waals surface area contributed by atoms with Gasteiger partial charge in [-0.15, -0.1) is 0 Å². The number of rotatable bonds is 1. The van der Waals surface area contributed by atoms with Gasteiger partial charge in [-0.1, -0.05) is 20.8 Å². The van der Waals surface area contributed by atoms with Gasteiger partial charge in [0.25, 0.3) is 0 Å². The molecule has 2 heteroatoms. The van der Waals surface area contributed by atoms with Crippen molar-refractivity contribution >= 4 is 0 Å². The largest absolute Gasteiger partial charge is 0.299 e. The molecule has 0 aliphatic carbocycles. The van der Waals surface area contributed by atoms with Gasteiger partial charge in [-0.3, -0.25) is 10.2 Å². The maximum atomic E-state index is 3.71. The van der Waals surface area contributed by atoms with Crippen LogP contribution in [0.5, 0.6) is 0 Å². The summed E-state index contributed by atoms with van der Waals surface area (Å²) in [5.74, 6) is 0. The highest BCUT2D eigenvalue weighted by atomic mass is 15.3. The lowest BCUT2D eigenvalue weighted by molar-refractivity contribution is 0.00855. The summed E-state index contributed by atoms with van der Waals surface area (Å²) in [6.45, 7) is 15.0. The average molecular weight is 198 g/mol. The van der Waals surface area contributed by atoms with Gasteiger partial charge < -0.3 is 0 Å². The predicted molar refractivity (Wildman–Crippen MR) is 62.3 cm³/mol. The minimum absolute atomic E-state index is 0.318. The molecular formula is C12H26N2. The standard InChI is InChI=1S/C12H26N2/c1-9(2)14-8-7-10(3)13-11(14)12(4,5)6/h9-11,13H,7-8H2,1-6H3. The summed E-state index contributed by atoms with van der Waals surface area (Å²) in [6.07, 6.45) is 1.79. The van der Waals surface area contributed by atoms with Gasteiger partial charge in [-0.25, -0.2) is 0 Å². The average Bonchev–Trinajstić information content (AvgIpc) is 2.01. The van der Waals surface area contributed by atoms with Crippen molar-refractivity contribution in [3.8, 4) is 0 Å². The molecule has 1 fully saturated rings. The van der Waals surface area contributed by atoms with Gasteiger partial charge in [0.1, 0.15) is 0 Å². The summed E-state index contributed by atoms with van der Waals surface area (Å²) in [7, 11) is 0. The first-order chi connectivity index (χ1) is 6.32. The van der Waals surface area contributed by atoms with Crippen molar-refractivity contribution < 1.29 is 0 Å². The van der Waals surface area contributed by atoms with Crippen LogP contribution in [0.15, 0.2) is 0 Å². The molecule has 1 saturated heterocycles. The molecule has 0 aromatic carbocycles. The number of hydrogen-bond donors (Lipinski definition) is 1. The molecule has 1 N–H and O–H groups in total. The van der Waals surface area contributed by atoms with Crippen LogP contribution in [0.1, 0.15) is 48.0 Å². The normalized spacial score (nSPS) is 31.1. The van der Waals surface area contributed by atoms with Crippen LogP contribution >= 0.6 is 0 Å². The Kier molecular flexibility index (Phi) is 3.59. The Morgan fingerprint density at radius 1 is 1.29 bits per heavy atom. The van der Waals surface area contributed by atoms with Crippen LogP contribution < -0.4 is 5.32 Å². The van der Waals surface area contributed by atoms with Gasteiger partial charge in [-0.05, 0) is 32.6 Å². The number of hydrogen-bond acceptors (Lipinski definition) is 2. The molecule has 1 aliphatic rings. The molecule has 2 nitrogen and oxygen atoms in total. The molecular weight excluding hydrogens is 172 g/mol. The molecule has 0 amide bonds. The van der Waals surface area contributed by atoms with E-state index in [-0.39, 0.29) is 0 Å². The molecule has 2 unspecified atom stereocenters. The van der Waals surface area contributed by atoms with Crippen LogP contribution in [0.25, 0.3) is 0 Å².